The van der Waals surface area contributed by atoms with Crippen LogP contribution >= 0.6 is 12.4 Å². The average Bonchev–Trinajstić information content (AvgIpc) is 2.66. The monoisotopic (exact) mass is 372 g/mol. The van der Waals surface area contributed by atoms with E-state index in [-0.39, 0.29) is 24.1 Å². The number of hydrogen-bond acceptors (Lipinski definition) is 6. The van der Waals surface area contributed by atoms with Gasteiger partial charge in [-0.15, -0.1) is 3.89 Å². The maximum Gasteiger partial charge on any atom is 0.273 e. The van der Waals surface area contributed by atoms with Crippen molar-refractivity contribution in [3.63, 3.8) is 0 Å². The third-order valence-electron chi connectivity index (χ3n) is 3.80. The molecule has 5 nitrogen and oxygen atoms in total. The number of benzene rings is 2. The molecular weight excluding hydrogens is 358 g/mol. The first-order chi connectivity index (χ1) is 12.7. The molecule has 8 heteroatoms. The molecule has 0 aliphatic rings. The third kappa shape index (κ3) is 3.50. The van der Waals surface area contributed by atoms with Crippen LogP contribution in [0.4, 0.5) is 8.28 Å². The van der Waals surface area contributed by atoms with Gasteiger partial charge in [0.15, 0.2) is 0 Å². The summed E-state index contributed by atoms with van der Waals surface area (Å²) in [5, 5.41) is 10.9. The summed E-state index contributed by atoms with van der Waals surface area (Å²) in [6, 6.07) is 9.64. The number of fused-ring (bicyclic) bond motifs is 1. The quantitative estimate of drug-likeness (QED) is 0.490. The molecule has 0 radical (unpaired) electrons. The van der Waals surface area contributed by atoms with Crippen molar-refractivity contribution in [1.29, 1.82) is 5.41 Å². The largest absolute Gasteiger partial charge is 0.388 e. The molecule has 3 rings (SSSR count). The van der Waals surface area contributed by atoms with E-state index in [0.717, 1.165) is 17.3 Å². The number of hydrogen-bond donors (Lipinski definition) is 2. The van der Waals surface area contributed by atoms with Gasteiger partial charge < -0.3 is 14.9 Å². The topological polar surface area (TPSA) is 70.9 Å². The fraction of sp³-hybridized carbons (Fsp3) is 0.0556. The van der Waals surface area contributed by atoms with Gasteiger partial charge in [0.2, 0.25) is 5.88 Å². The smallest absolute Gasteiger partial charge is 0.273 e. The van der Waals surface area contributed by atoms with Gasteiger partial charge >= 0.3 is 0 Å². The van der Waals surface area contributed by atoms with Gasteiger partial charge in [-0.3, -0.25) is 0 Å². The Hall–Kier alpha value is -3.00. The minimum Gasteiger partial charge on any atom is -0.388 e. The first-order valence-electron chi connectivity index (χ1n) is 7.56. The molecule has 1 aromatic heterocycles. The highest BCUT2D eigenvalue weighted by atomic mass is 32.2. The van der Waals surface area contributed by atoms with Gasteiger partial charge in [-0.2, -0.15) is 0 Å². The molecule has 0 amide bonds. The highest BCUT2D eigenvalue weighted by molar-refractivity contribution is 7.89. The van der Waals surface area contributed by atoms with Crippen LogP contribution in [-0.4, -0.2) is 23.2 Å². The summed E-state index contributed by atoms with van der Waals surface area (Å²) in [7, 11) is 1.72. The molecule has 132 valence electrons. The minimum atomic E-state index is -0.337. The highest BCUT2D eigenvalue weighted by Crippen LogP contribution is 2.34. The number of nitrogens with zero attached hydrogens (tertiary/aromatic N) is 2. The minimum absolute atomic E-state index is 0.0815. The lowest BCUT2D eigenvalue weighted by Crippen LogP contribution is -2.07. The number of halogens is 2. The van der Waals surface area contributed by atoms with Crippen molar-refractivity contribution in [3.05, 3.63) is 60.2 Å². The molecular formula is C18H14F2N4OS. The van der Waals surface area contributed by atoms with Crippen LogP contribution in [0.3, 0.4) is 0 Å². The van der Waals surface area contributed by atoms with Crippen molar-refractivity contribution in [3.8, 4) is 17.0 Å². The number of nitrogens with one attached hydrogen (secondary N) is 2. The second-order valence-corrected chi connectivity index (χ2v) is 5.54. The van der Waals surface area contributed by atoms with Gasteiger partial charge in [0, 0.05) is 24.5 Å². The SMILES string of the molecule is CN/C(=C\C=N)c1cc(-c2ccc(F)cc2)cc2c(OSF)ncnc12. The van der Waals surface area contributed by atoms with Gasteiger partial charge in [-0.1, -0.05) is 12.1 Å². The van der Waals surface area contributed by atoms with Gasteiger partial charge in [0.25, 0.3) is 12.4 Å². The van der Waals surface area contributed by atoms with Crippen LogP contribution in [0.15, 0.2) is 48.8 Å². The molecule has 2 N–H and O–H groups in total. The van der Waals surface area contributed by atoms with Gasteiger partial charge in [-0.05, 0) is 41.5 Å². The molecule has 0 saturated heterocycles. The Morgan fingerprint density at radius 1 is 1.19 bits per heavy atom. The van der Waals surface area contributed by atoms with E-state index >= 15 is 0 Å². The Labute approximate surface area is 153 Å². The molecule has 0 unspecified atom stereocenters. The summed E-state index contributed by atoms with van der Waals surface area (Å²) in [5.74, 6) is -0.256. The summed E-state index contributed by atoms with van der Waals surface area (Å²) < 4.78 is 30.8. The predicted octanol–water partition coefficient (Wildman–Crippen LogP) is 4.56. The fourth-order valence-corrected chi connectivity index (χ4v) is 2.84. The Balaban J connectivity index is 2.32. The van der Waals surface area contributed by atoms with Gasteiger partial charge in [0.05, 0.1) is 10.9 Å². The van der Waals surface area contributed by atoms with Crippen LogP contribution in [0.25, 0.3) is 27.7 Å². The molecule has 1 heterocycles. The zero-order chi connectivity index (χ0) is 18.5. The van der Waals surface area contributed by atoms with Crippen molar-refractivity contribution in [1.82, 2.24) is 15.3 Å². The van der Waals surface area contributed by atoms with E-state index < -0.39 is 0 Å². The van der Waals surface area contributed by atoms with Crippen LogP contribution in [0, 0.1) is 11.2 Å². The Kier molecular flexibility index (Phi) is 5.43. The molecule has 3 aromatic rings. The summed E-state index contributed by atoms with van der Waals surface area (Å²) in [6.07, 6.45) is 4.01. The van der Waals surface area contributed by atoms with Crippen molar-refractivity contribution in [2.24, 2.45) is 0 Å². The number of allylic oxidation sites excluding steroid dienone is 1. The van der Waals surface area contributed by atoms with E-state index in [4.69, 9.17) is 9.59 Å². The van der Waals surface area contributed by atoms with E-state index in [1.807, 2.05) is 6.07 Å². The van der Waals surface area contributed by atoms with Crippen LogP contribution < -0.4 is 9.50 Å². The maximum absolute atomic E-state index is 13.3. The van der Waals surface area contributed by atoms with E-state index in [2.05, 4.69) is 15.3 Å². The highest BCUT2D eigenvalue weighted by Gasteiger charge is 2.15. The molecule has 0 saturated carbocycles. The molecule has 2 aromatic carbocycles. The lowest BCUT2D eigenvalue weighted by molar-refractivity contribution is 0.592. The molecule has 26 heavy (non-hydrogen) atoms. The molecule has 0 fully saturated rings. The fourth-order valence-electron chi connectivity index (χ4n) is 2.65. The Morgan fingerprint density at radius 2 is 1.96 bits per heavy atom. The maximum atomic E-state index is 13.3. The van der Waals surface area contributed by atoms with Crippen molar-refractivity contribution in [2.75, 3.05) is 7.05 Å². The molecule has 0 aliphatic carbocycles. The number of aromatic nitrogens is 2. The lowest BCUT2D eigenvalue weighted by Gasteiger charge is -2.13. The first-order valence-corrected chi connectivity index (χ1v) is 8.21. The second-order valence-electron chi connectivity index (χ2n) is 5.25. The van der Waals surface area contributed by atoms with Crippen LogP contribution in [0.2, 0.25) is 0 Å². The van der Waals surface area contributed by atoms with E-state index in [1.54, 1.807) is 31.3 Å². The van der Waals surface area contributed by atoms with E-state index in [9.17, 15) is 8.28 Å². The standard InChI is InChI=1S/C18H14F2N4OS/c1-22-16(6-7-21)14-8-12(11-2-4-13(19)5-3-11)9-15-17(14)23-10-24-18(15)25-26-20/h2-10,21-22H,1H3/b16-6-,21-7?. The molecule has 0 spiro atoms. The van der Waals surface area contributed by atoms with Crippen molar-refractivity contribution in [2.45, 2.75) is 0 Å². The molecule has 0 aliphatic heterocycles. The zero-order valence-corrected chi connectivity index (χ0v) is 14.5. The summed E-state index contributed by atoms with van der Waals surface area (Å²) >= 11 is -0.303. The van der Waals surface area contributed by atoms with Crippen LogP contribution in [0.5, 0.6) is 5.88 Å². The summed E-state index contributed by atoms with van der Waals surface area (Å²) in [5.41, 5.74) is 3.39. The number of rotatable bonds is 6. The Morgan fingerprint density at radius 3 is 2.62 bits per heavy atom. The Bertz CT molecular complexity index is 977. The summed E-state index contributed by atoms with van der Waals surface area (Å²) in [6.45, 7) is 0. The summed E-state index contributed by atoms with van der Waals surface area (Å²) in [4.78, 5) is 8.26. The van der Waals surface area contributed by atoms with Gasteiger partial charge in [0.1, 0.15) is 12.1 Å². The zero-order valence-electron chi connectivity index (χ0n) is 13.7. The normalized spacial score (nSPS) is 11.4. The second kappa shape index (κ2) is 7.92. The lowest BCUT2D eigenvalue weighted by atomic mass is 9.98. The third-order valence-corrected chi connectivity index (χ3v) is 4.02. The van der Waals surface area contributed by atoms with Crippen LogP contribution in [0.1, 0.15) is 5.56 Å². The van der Waals surface area contributed by atoms with Crippen molar-refractivity contribution >= 4 is 35.2 Å². The van der Waals surface area contributed by atoms with Crippen LogP contribution in [-0.2, 0) is 0 Å². The van der Waals surface area contributed by atoms with E-state index in [1.165, 1.54) is 18.5 Å². The first kappa shape index (κ1) is 17.8. The molecule has 0 bridgehead atoms. The van der Waals surface area contributed by atoms with Gasteiger partial charge in [-0.25, -0.2) is 14.4 Å². The molecule has 0 atom stereocenters. The average molecular weight is 372 g/mol. The van der Waals surface area contributed by atoms with Crippen molar-refractivity contribution < 1.29 is 12.5 Å². The predicted molar refractivity (Wildman–Crippen MR) is 100 cm³/mol. The van der Waals surface area contributed by atoms with E-state index in [0.29, 0.717) is 22.2 Å².